The van der Waals surface area contributed by atoms with E-state index in [0.717, 1.165) is 5.69 Å². The van der Waals surface area contributed by atoms with Crippen LogP contribution in [0.15, 0.2) is 24.3 Å². The molecule has 0 spiro atoms. The molecule has 7 nitrogen and oxygen atoms in total. The number of carboxylic acid groups (broad SMARTS) is 1. The van der Waals surface area contributed by atoms with Gasteiger partial charge in [-0.05, 0) is 39.3 Å². The lowest BCUT2D eigenvalue weighted by Crippen LogP contribution is -2.50. The van der Waals surface area contributed by atoms with Crippen LogP contribution in [-0.4, -0.2) is 43.7 Å². The van der Waals surface area contributed by atoms with Crippen LogP contribution in [0.2, 0.25) is 15.1 Å². The molecule has 1 aliphatic heterocycles. The Labute approximate surface area is 221 Å². The smallest absolute Gasteiger partial charge is 0.310 e. The maximum Gasteiger partial charge on any atom is 0.310 e. The summed E-state index contributed by atoms with van der Waals surface area (Å²) in [5.41, 5.74) is -0.194. The van der Waals surface area contributed by atoms with Crippen molar-refractivity contribution >= 4 is 52.4 Å². The molecule has 0 aliphatic carbocycles. The Morgan fingerprint density at radius 2 is 2.03 bits per heavy atom. The normalized spacial score (nSPS) is 20.5. The van der Waals surface area contributed by atoms with E-state index in [2.05, 4.69) is 20.5 Å². The molecule has 2 atom stereocenters. The number of benzene rings is 1. The summed E-state index contributed by atoms with van der Waals surface area (Å²) in [6, 6.07) is 6.27. The van der Waals surface area contributed by atoms with Crippen molar-refractivity contribution in [2.24, 2.45) is 5.41 Å². The van der Waals surface area contributed by atoms with Crippen LogP contribution < -0.4 is 5.32 Å². The number of carbonyl (C=O) groups is 1. The molecule has 2 aromatic heterocycles. The fourth-order valence-electron chi connectivity index (χ4n) is 4.61. The van der Waals surface area contributed by atoms with Crippen molar-refractivity contribution < 1.29 is 18.7 Å². The van der Waals surface area contributed by atoms with E-state index in [4.69, 9.17) is 34.8 Å². The molecule has 1 aromatic carbocycles. The first kappa shape index (κ1) is 26.6. The molecule has 4 rings (SSSR count). The van der Waals surface area contributed by atoms with E-state index in [1.165, 1.54) is 6.07 Å². The number of rotatable bonds is 7. The number of H-pyrrole nitrogens is 1. The van der Waals surface area contributed by atoms with Gasteiger partial charge in [0.25, 0.3) is 0 Å². The number of hydrogen-bond donors (Lipinski definition) is 3. The van der Waals surface area contributed by atoms with Crippen molar-refractivity contribution in [3.8, 4) is 0 Å². The molecule has 0 radical (unpaired) electrons. The van der Waals surface area contributed by atoms with Gasteiger partial charge in [-0.3, -0.25) is 14.8 Å². The van der Waals surface area contributed by atoms with Gasteiger partial charge in [-0.15, -0.1) is 0 Å². The van der Waals surface area contributed by atoms with Crippen molar-refractivity contribution in [1.82, 2.24) is 20.1 Å². The van der Waals surface area contributed by atoms with Gasteiger partial charge in [0.05, 0.1) is 16.1 Å². The summed E-state index contributed by atoms with van der Waals surface area (Å²) in [5, 5.41) is 19.5. The van der Waals surface area contributed by atoms with Crippen LogP contribution in [0.3, 0.4) is 0 Å². The van der Waals surface area contributed by atoms with Gasteiger partial charge in [0, 0.05) is 36.3 Å². The first-order valence-electron chi connectivity index (χ1n) is 11.2. The lowest BCUT2D eigenvalue weighted by molar-refractivity contribution is -0.153. The van der Waals surface area contributed by atoms with Gasteiger partial charge in [-0.25, -0.2) is 13.8 Å². The molecule has 0 amide bonds. The third kappa shape index (κ3) is 5.29. The van der Waals surface area contributed by atoms with Crippen molar-refractivity contribution in [3.63, 3.8) is 0 Å². The van der Waals surface area contributed by atoms with Gasteiger partial charge in [-0.1, -0.05) is 46.9 Å². The van der Waals surface area contributed by atoms with Crippen LogP contribution in [0.25, 0.3) is 0 Å². The number of anilines is 2. The standard InChI is InChI=1S/C24H24Cl3F2N5O2/c1-12-8-17(33-32-12)31-22-19(27)18(26)21(29)16(30-22)10-24(23(35)36)6-7-34(13(2)9-24)11-14-4-3-5-15(25)20(14)28/h3-5,8,13H,6-7,9-11H2,1-2H3,(H,35,36)(H2,30,31,32,33)/t13-,24-/m1/s1. The van der Waals surface area contributed by atoms with Crippen LogP contribution in [0.4, 0.5) is 20.4 Å². The summed E-state index contributed by atoms with van der Waals surface area (Å²) in [4.78, 5) is 18.8. The molecule has 0 unspecified atom stereocenters. The van der Waals surface area contributed by atoms with Crippen molar-refractivity contribution in [1.29, 1.82) is 0 Å². The van der Waals surface area contributed by atoms with Crippen LogP contribution in [0, 0.1) is 24.0 Å². The highest BCUT2D eigenvalue weighted by Crippen LogP contribution is 2.42. The number of aryl methyl sites for hydroxylation is 1. The first-order chi connectivity index (χ1) is 17.0. The van der Waals surface area contributed by atoms with E-state index in [9.17, 15) is 14.3 Å². The minimum atomic E-state index is -1.30. The molecule has 1 fully saturated rings. The number of halogens is 5. The second kappa shape index (κ2) is 10.5. The number of nitrogens with one attached hydrogen (secondary N) is 2. The minimum Gasteiger partial charge on any atom is -0.481 e. The van der Waals surface area contributed by atoms with Crippen LogP contribution in [0.5, 0.6) is 0 Å². The van der Waals surface area contributed by atoms with Gasteiger partial charge in [0.15, 0.2) is 17.5 Å². The molecule has 3 aromatic rings. The van der Waals surface area contributed by atoms with E-state index >= 15 is 4.39 Å². The van der Waals surface area contributed by atoms with Crippen LogP contribution in [0.1, 0.15) is 36.7 Å². The molecular formula is C24H24Cl3F2N5O2. The largest absolute Gasteiger partial charge is 0.481 e. The first-order valence-corrected chi connectivity index (χ1v) is 12.4. The predicted molar refractivity (Wildman–Crippen MR) is 135 cm³/mol. The highest BCUT2D eigenvalue weighted by molar-refractivity contribution is 6.43. The van der Waals surface area contributed by atoms with Crippen molar-refractivity contribution in [3.05, 3.63) is 67.9 Å². The van der Waals surface area contributed by atoms with Crippen LogP contribution in [-0.2, 0) is 17.8 Å². The third-order valence-electron chi connectivity index (χ3n) is 6.60. The summed E-state index contributed by atoms with van der Waals surface area (Å²) in [7, 11) is 0. The summed E-state index contributed by atoms with van der Waals surface area (Å²) in [6.45, 7) is 4.31. The maximum atomic E-state index is 15.1. The number of pyridine rings is 1. The zero-order chi connectivity index (χ0) is 26.2. The fourth-order valence-corrected chi connectivity index (χ4v) is 5.18. The monoisotopic (exact) mass is 557 g/mol. The zero-order valence-electron chi connectivity index (χ0n) is 19.5. The Bertz CT molecular complexity index is 1300. The lowest BCUT2D eigenvalue weighted by atomic mass is 9.72. The molecule has 3 heterocycles. The predicted octanol–water partition coefficient (Wildman–Crippen LogP) is 6.39. The number of aliphatic carboxylic acids is 1. The Hall–Kier alpha value is -2.46. The van der Waals surface area contributed by atoms with E-state index in [0.29, 0.717) is 17.9 Å². The molecule has 0 bridgehead atoms. The molecule has 0 saturated carbocycles. The number of carboxylic acids is 1. The van der Waals surface area contributed by atoms with Gasteiger partial charge in [-0.2, -0.15) is 5.10 Å². The van der Waals surface area contributed by atoms with Gasteiger partial charge in [0.2, 0.25) is 0 Å². The van der Waals surface area contributed by atoms with Gasteiger partial charge >= 0.3 is 5.97 Å². The Kier molecular flexibility index (Phi) is 7.75. The number of likely N-dealkylation sites (tertiary alicyclic amines) is 1. The second-order valence-electron chi connectivity index (χ2n) is 9.16. The Balaban J connectivity index is 1.58. The average Bonchev–Trinajstić information content (AvgIpc) is 3.24. The van der Waals surface area contributed by atoms with Gasteiger partial charge in [0.1, 0.15) is 15.9 Å². The maximum absolute atomic E-state index is 15.1. The number of hydrogen-bond acceptors (Lipinski definition) is 5. The van der Waals surface area contributed by atoms with E-state index in [1.807, 2.05) is 11.8 Å². The topological polar surface area (TPSA) is 94.1 Å². The Morgan fingerprint density at radius 1 is 1.28 bits per heavy atom. The molecule has 1 saturated heterocycles. The summed E-state index contributed by atoms with van der Waals surface area (Å²) in [5.74, 6) is -1.93. The van der Waals surface area contributed by atoms with Crippen LogP contribution >= 0.6 is 34.8 Å². The molecule has 1 aliphatic rings. The lowest BCUT2D eigenvalue weighted by Gasteiger charge is -2.43. The zero-order valence-corrected chi connectivity index (χ0v) is 21.8. The van der Waals surface area contributed by atoms with Crippen molar-refractivity contribution in [2.75, 3.05) is 11.9 Å². The minimum absolute atomic E-state index is 0.0348. The number of nitrogens with zero attached hydrogens (tertiary/aromatic N) is 3. The fraction of sp³-hybridized carbons (Fsp3) is 0.375. The molecule has 3 N–H and O–H groups in total. The highest BCUT2D eigenvalue weighted by atomic mass is 35.5. The van der Waals surface area contributed by atoms with Gasteiger partial charge < -0.3 is 10.4 Å². The number of aromatic nitrogens is 3. The second-order valence-corrected chi connectivity index (χ2v) is 10.3. The van der Waals surface area contributed by atoms with E-state index < -0.39 is 23.0 Å². The molecule has 36 heavy (non-hydrogen) atoms. The Morgan fingerprint density at radius 3 is 2.67 bits per heavy atom. The van der Waals surface area contributed by atoms with E-state index in [-0.39, 0.29) is 58.4 Å². The highest BCUT2D eigenvalue weighted by Gasteiger charge is 2.45. The van der Waals surface area contributed by atoms with Crippen molar-refractivity contribution in [2.45, 2.75) is 45.7 Å². The SMILES string of the molecule is Cc1cc(Nc2nc(C[C@@]3(C(=O)O)CCN(Cc4cccc(Cl)c4F)[C@H](C)C3)c(F)c(Cl)c2Cl)n[nH]1. The molecular weight excluding hydrogens is 535 g/mol. The number of aromatic amines is 1. The van der Waals surface area contributed by atoms with E-state index in [1.54, 1.807) is 25.1 Å². The molecule has 192 valence electrons. The third-order valence-corrected chi connectivity index (χ3v) is 7.71. The molecule has 12 heteroatoms. The average molecular weight is 559 g/mol. The summed E-state index contributed by atoms with van der Waals surface area (Å²) in [6.07, 6.45) is 0.216. The summed E-state index contributed by atoms with van der Waals surface area (Å²) >= 11 is 18.3. The summed E-state index contributed by atoms with van der Waals surface area (Å²) < 4.78 is 29.6. The number of piperidine rings is 1. The quantitative estimate of drug-likeness (QED) is 0.311.